The lowest BCUT2D eigenvalue weighted by Gasteiger charge is -2.40. The third-order valence-corrected chi connectivity index (χ3v) is 4.57. The molecule has 0 saturated carbocycles. The van der Waals surface area contributed by atoms with Crippen LogP contribution in [0.1, 0.15) is 29.6 Å². The number of benzene rings is 1. The normalized spacial score (nSPS) is 21.3. The van der Waals surface area contributed by atoms with Crippen molar-refractivity contribution in [3.8, 4) is 0 Å². The molecule has 1 atom stereocenters. The van der Waals surface area contributed by atoms with Crippen LogP contribution >= 0.6 is 11.6 Å². The monoisotopic (exact) mass is 342 g/mol. The summed E-state index contributed by atoms with van der Waals surface area (Å²) >= 11 is 5.85. The summed E-state index contributed by atoms with van der Waals surface area (Å²) in [4.78, 5) is 26.0. The average Bonchev–Trinajstić information content (AvgIpc) is 2.54. The Morgan fingerprint density at radius 2 is 2.22 bits per heavy atom. The fourth-order valence-electron chi connectivity index (χ4n) is 2.96. The first kappa shape index (κ1) is 17.7. The minimum Gasteiger partial charge on any atom is -0.385 e. The molecule has 0 aromatic heterocycles. The van der Waals surface area contributed by atoms with Crippen LogP contribution in [-0.2, 0) is 9.53 Å². The maximum absolute atomic E-state index is 13.9. The van der Waals surface area contributed by atoms with Crippen LogP contribution in [-0.4, -0.2) is 43.5 Å². The lowest BCUT2D eigenvalue weighted by Crippen LogP contribution is -2.52. The first-order chi connectivity index (χ1) is 10.9. The van der Waals surface area contributed by atoms with Crippen molar-refractivity contribution in [3.05, 3.63) is 34.6 Å². The minimum atomic E-state index is -0.834. The van der Waals surface area contributed by atoms with Gasteiger partial charge < -0.3 is 15.4 Å². The molecule has 0 radical (unpaired) electrons. The van der Waals surface area contributed by atoms with E-state index in [1.54, 1.807) is 7.11 Å². The first-order valence-electron chi connectivity index (χ1n) is 7.43. The molecule has 2 amide bonds. The van der Waals surface area contributed by atoms with E-state index in [-0.39, 0.29) is 17.1 Å². The van der Waals surface area contributed by atoms with Crippen molar-refractivity contribution in [2.75, 3.05) is 26.8 Å². The highest BCUT2D eigenvalue weighted by atomic mass is 35.5. The predicted molar refractivity (Wildman–Crippen MR) is 84.7 cm³/mol. The predicted octanol–water partition coefficient (Wildman–Crippen LogP) is 2.22. The zero-order chi connectivity index (χ0) is 17.0. The fraction of sp³-hybridized carbons (Fsp3) is 0.500. The van der Waals surface area contributed by atoms with Crippen LogP contribution in [0.25, 0.3) is 0 Å². The minimum absolute atomic E-state index is 0.0930. The van der Waals surface area contributed by atoms with Gasteiger partial charge in [-0.15, -0.1) is 0 Å². The Kier molecular flexibility index (Phi) is 5.59. The molecular formula is C16H20ClFN2O3. The Balaban J connectivity index is 2.24. The second-order valence-corrected chi connectivity index (χ2v) is 6.28. The number of rotatable bonds is 5. The molecule has 2 N–H and O–H groups in total. The van der Waals surface area contributed by atoms with E-state index < -0.39 is 23.0 Å². The maximum atomic E-state index is 13.9. The van der Waals surface area contributed by atoms with Crippen LogP contribution < -0.4 is 5.73 Å². The Labute approximate surface area is 139 Å². The zero-order valence-corrected chi connectivity index (χ0v) is 13.7. The second kappa shape index (κ2) is 7.27. The van der Waals surface area contributed by atoms with E-state index in [0.29, 0.717) is 32.4 Å². The van der Waals surface area contributed by atoms with Gasteiger partial charge in [0.1, 0.15) is 5.82 Å². The second-order valence-electron chi connectivity index (χ2n) is 5.84. The largest absolute Gasteiger partial charge is 0.385 e. The maximum Gasteiger partial charge on any atom is 0.256 e. The summed E-state index contributed by atoms with van der Waals surface area (Å²) in [5.41, 5.74) is 4.64. The van der Waals surface area contributed by atoms with Gasteiger partial charge in [-0.25, -0.2) is 4.39 Å². The third kappa shape index (κ3) is 3.82. The summed E-state index contributed by atoms with van der Waals surface area (Å²) in [6, 6.07) is 3.84. The van der Waals surface area contributed by atoms with Crippen LogP contribution in [0.4, 0.5) is 4.39 Å². The molecule has 1 heterocycles. The van der Waals surface area contributed by atoms with E-state index in [2.05, 4.69) is 0 Å². The van der Waals surface area contributed by atoms with E-state index >= 15 is 0 Å². The van der Waals surface area contributed by atoms with Gasteiger partial charge in [-0.1, -0.05) is 11.6 Å². The van der Waals surface area contributed by atoms with E-state index in [1.165, 1.54) is 17.0 Å². The number of hydrogen-bond acceptors (Lipinski definition) is 3. The zero-order valence-electron chi connectivity index (χ0n) is 13.0. The van der Waals surface area contributed by atoms with Gasteiger partial charge in [-0.05, 0) is 37.5 Å². The Bertz CT molecular complexity index is 611. The van der Waals surface area contributed by atoms with Gasteiger partial charge in [0.25, 0.3) is 5.91 Å². The molecule has 1 unspecified atom stereocenters. The quantitative estimate of drug-likeness (QED) is 0.891. The van der Waals surface area contributed by atoms with Crippen LogP contribution in [0.15, 0.2) is 18.2 Å². The highest BCUT2D eigenvalue weighted by Gasteiger charge is 2.42. The summed E-state index contributed by atoms with van der Waals surface area (Å²) in [5.74, 6) is -1.57. The van der Waals surface area contributed by atoms with Crippen molar-refractivity contribution in [1.29, 1.82) is 0 Å². The molecule has 5 nitrogen and oxygen atoms in total. The number of ether oxygens (including phenoxy) is 1. The molecule has 0 aliphatic carbocycles. The van der Waals surface area contributed by atoms with E-state index in [9.17, 15) is 14.0 Å². The summed E-state index contributed by atoms with van der Waals surface area (Å²) in [5, 5.41) is 0.285. The summed E-state index contributed by atoms with van der Waals surface area (Å²) in [6.45, 7) is 0.986. The number of hydrogen-bond donors (Lipinski definition) is 1. The lowest BCUT2D eigenvalue weighted by atomic mass is 9.76. The van der Waals surface area contributed by atoms with Crippen molar-refractivity contribution >= 4 is 23.4 Å². The highest BCUT2D eigenvalue weighted by molar-refractivity contribution is 6.31. The molecule has 1 aliphatic heterocycles. The van der Waals surface area contributed by atoms with E-state index in [4.69, 9.17) is 22.1 Å². The van der Waals surface area contributed by atoms with Crippen molar-refractivity contribution in [1.82, 2.24) is 4.90 Å². The number of carbonyl (C=O) groups is 2. The number of amides is 2. The highest BCUT2D eigenvalue weighted by Crippen LogP contribution is 2.34. The van der Waals surface area contributed by atoms with Crippen LogP contribution in [0, 0.1) is 11.2 Å². The van der Waals surface area contributed by atoms with Gasteiger partial charge in [-0.3, -0.25) is 9.59 Å². The van der Waals surface area contributed by atoms with Crippen LogP contribution in [0.5, 0.6) is 0 Å². The molecule has 23 heavy (non-hydrogen) atoms. The standard InChI is InChI=1S/C16H20ClFN2O3/c1-23-8-6-16(15(19)22)5-2-7-20(10-16)14(21)12-9-11(17)3-4-13(12)18/h3-4,9H,2,5-8,10H2,1H3,(H2,19,22). The molecule has 0 spiro atoms. The van der Waals surface area contributed by atoms with E-state index in [1.807, 2.05) is 0 Å². The van der Waals surface area contributed by atoms with Gasteiger partial charge in [-0.2, -0.15) is 0 Å². The molecule has 1 saturated heterocycles. The molecule has 1 fully saturated rings. The Morgan fingerprint density at radius 1 is 1.48 bits per heavy atom. The van der Waals surface area contributed by atoms with Gasteiger partial charge in [0.2, 0.25) is 5.91 Å². The molecule has 2 rings (SSSR count). The summed E-state index contributed by atoms with van der Waals surface area (Å²) in [6.07, 6.45) is 1.65. The third-order valence-electron chi connectivity index (χ3n) is 4.33. The van der Waals surface area contributed by atoms with Crippen LogP contribution in [0.2, 0.25) is 5.02 Å². The number of methoxy groups -OCH3 is 1. The first-order valence-corrected chi connectivity index (χ1v) is 7.80. The van der Waals surface area contributed by atoms with Gasteiger partial charge in [0.05, 0.1) is 11.0 Å². The lowest BCUT2D eigenvalue weighted by molar-refractivity contribution is -0.131. The summed E-state index contributed by atoms with van der Waals surface area (Å²) < 4.78 is 19.0. The van der Waals surface area contributed by atoms with Gasteiger partial charge >= 0.3 is 0 Å². The number of nitrogens with two attached hydrogens (primary N) is 1. The molecule has 1 aliphatic rings. The fourth-order valence-corrected chi connectivity index (χ4v) is 3.13. The van der Waals surface area contributed by atoms with Crippen molar-refractivity contribution in [2.24, 2.45) is 11.1 Å². The molecule has 126 valence electrons. The number of halogens is 2. The number of nitrogens with zero attached hydrogens (tertiary/aromatic N) is 1. The van der Waals surface area contributed by atoms with Gasteiger partial charge in [0, 0.05) is 31.8 Å². The molecule has 1 aromatic rings. The Hall–Kier alpha value is -1.66. The molecule has 1 aromatic carbocycles. The number of likely N-dealkylation sites (tertiary alicyclic amines) is 1. The van der Waals surface area contributed by atoms with E-state index in [0.717, 1.165) is 6.07 Å². The van der Waals surface area contributed by atoms with Crippen LogP contribution in [0.3, 0.4) is 0 Å². The molecule has 7 heteroatoms. The van der Waals surface area contributed by atoms with Crippen molar-refractivity contribution in [3.63, 3.8) is 0 Å². The topological polar surface area (TPSA) is 72.6 Å². The van der Waals surface area contributed by atoms with Crippen molar-refractivity contribution < 1.29 is 18.7 Å². The smallest absolute Gasteiger partial charge is 0.256 e. The number of primary amides is 1. The molecule has 0 bridgehead atoms. The SMILES string of the molecule is COCCC1(C(N)=O)CCCN(C(=O)c2cc(Cl)ccc2F)C1. The number of carbonyl (C=O) groups excluding carboxylic acids is 2. The summed E-state index contributed by atoms with van der Waals surface area (Å²) in [7, 11) is 1.54. The number of piperidine rings is 1. The molecular weight excluding hydrogens is 323 g/mol. The Morgan fingerprint density at radius 3 is 2.87 bits per heavy atom. The van der Waals surface area contributed by atoms with Gasteiger partial charge in [0.15, 0.2) is 0 Å². The average molecular weight is 343 g/mol. The van der Waals surface area contributed by atoms with Crippen molar-refractivity contribution in [2.45, 2.75) is 19.3 Å².